The SMILES string of the molecule is CCc1ncc(CN2CCC(Cc3cccc(Nc4cc(C)ccn4)n3)CC2)cn1. The van der Waals surface area contributed by atoms with Crippen molar-refractivity contribution in [2.24, 2.45) is 5.92 Å². The van der Waals surface area contributed by atoms with E-state index in [9.17, 15) is 0 Å². The van der Waals surface area contributed by atoms with Gasteiger partial charge in [-0.2, -0.15) is 0 Å². The van der Waals surface area contributed by atoms with Gasteiger partial charge in [-0.15, -0.1) is 0 Å². The molecule has 6 nitrogen and oxygen atoms in total. The number of anilines is 2. The highest BCUT2D eigenvalue weighted by molar-refractivity contribution is 5.52. The van der Waals surface area contributed by atoms with Gasteiger partial charge in [0.15, 0.2) is 0 Å². The fourth-order valence-electron chi connectivity index (χ4n) is 3.95. The smallest absolute Gasteiger partial charge is 0.131 e. The summed E-state index contributed by atoms with van der Waals surface area (Å²) in [6.07, 6.45) is 10.1. The molecule has 1 aliphatic heterocycles. The minimum absolute atomic E-state index is 0.680. The highest BCUT2D eigenvalue weighted by atomic mass is 15.1. The zero-order valence-electron chi connectivity index (χ0n) is 17.9. The first-order valence-corrected chi connectivity index (χ1v) is 10.9. The Morgan fingerprint density at radius 1 is 1.03 bits per heavy atom. The molecule has 0 aliphatic carbocycles. The third-order valence-electron chi connectivity index (χ3n) is 5.66. The molecule has 6 heteroatoms. The van der Waals surface area contributed by atoms with Crippen molar-refractivity contribution in [2.45, 2.75) is 46.1 Å². The Balaban J connectivity index is 1.28. The Hall–Kier alpha value is -2.86. The van der Waals surface area contributed by atoms with Gasteiger partial charge in [0.05, 0.1) is 0 Å². The summed E-state index contributed by atoms with van der Waals surface area (Å²) in [6.45, 7) is 7.32. The van der Waals surface area contributed by atoms with E-state index < -0.39 is 0 Å². The van der Waals surface area contributed by atoms with Gasteiger partial charge in [-0.1, -0.05) is 13.0 Å². The number of pyridine rings is 2. The van der Waals surface area contributed by atoms with Crippen LogP contribution in [0.15, 0.2) is 48.9 Å². The molecule has 4 rings (SSSR count). The molecule has 0 spiro atoms. The molecule has 0 saturated carbocycles. The van der Waals surface area contributed by atoms with Gasteiger partial charge >= 0.3 is 0 Å². The van der Waals surface area contributed by atoms with Crippen molar-refractivity contribution < 1.29 is 0 Å². The van der Waals surface area contributed by atoms with Crippen LogP contribution in [-0.4, -0.2) is 37.9 Å². The molecule has 3 aromatic rings. The maximum absolute atomic E-state index is 4.81. The molecule has 1 fully saturated rings. The summed E-state index contributed by atoms with van der Waals surface area (Å²) in [5, 5.41) is 3.32. The van der Waals surface area contributed by atoms with Gasteiger partial charge in [0.2, 0.25) is 0 Å². The highest BCUT2D eigenvalue weighted by Gasteiger charge is 2.20. The average Bonchev–Trinajstić information content (AvgIpc) is 2.76. The molecule has 1 aliphatic rings. The Morgan fingerprint density at radius 3 is 2.57 bits per heavy atom. The molecule has 4 heterocycles. The van der Waals surface area contributed by atoms with Crippen LogP contribution in [0.5, 0.6) is 0 Å². The lowest BCUT2D eigenvalue weighted by Gasteiger charge is -2.31. The van der Waals surface area contributed by atoms with Crippen molar-refractivity contribution in [3.8, 4) is 0 Å². The van der Waals surface area contributed by atoms with E-state index >= 15 is 0 Å². The third kappa shape index (κ3) is 5.60. The molecule has 0 bridgehead atoms. The predicted molar refractivity (Wildman–Crippen MR) is 120 cm³/mol. The molecular formula is C24H30N6. The molecule has 3 aromatic heterocycles. The molecule has 156 valence electrons. The van der Waals surface area contributed by atoms with Crippen LogP contribution in [0.3, 0.4) is 0 Å². The van der Waals surface area contributed by atoms with Gasteiger partial charge in [-0.05, 0) is 75.0 Å². The van der Waals surface area contributed by atoms with Crippen LogP contribution in [0, 0.1) is 12.8 Å². The topological polar surface area (TPSA) is 66.8 Å². The first-order valence-electron chi connectivity index (χ1n) is 10.9. The number of aryl methyl sites for hydroxylation is 2. The number of nitrogens with zero attached hydrogens (tertiary/aromatic N) is 5. The third-order valence-corrected chi connectivity index (χ3v) is 5.66. The molecule has 0 radical (unpaired) electrons. The van der Waals surface area contributed by atoms with Crippen LogP contribution >= 0.6 is 0 Å². The molecule has 1 N–H and O–H groups in total. The minimum Gasteiger partial charge on any atom is -0.325 e. The number of aromatic nitrogens is 4. The quantitative estimate of drug-likeness (QED) is 0.634. The van der Waals surface area contributed by atoms with Gasteiger partial charge in [-0.3, -0.25) is 4.90 Å². The summed E-state index contributed by atoms with van der Waals surface area (Å²) in [5.74, 6) is 3.29. The summed E-state index contributed by atoms with van der Waals surface area (Å²) >= 11 is 0. The van der Waals surface area contributed by atoms with E-state index in [2.05, 4.69) is 51.1 Å². The van der Waals surface area contributed by atoms with Crippen LogP contribution in [0.25, 0.3) is 0 Å². The van der Waals surface area contributed by atoms with Crippen molar-refractivity contribution in [3.05, 3.63) is 71.6 Å². The number of hydrogen-bond donors (Lipinski definition) is 1. The van der Waals surface area contributed by atoms with E-state index in [1.165, 1.54) is 24.0 Å². The summed E-state index contributed by atoms with van der Waals surface area (Å²) in [5.41, 5.74) is 3.54. The van der Waals surface area contributed by atoms with Crippen molar-refractivity contribution in [1.29, 1.82) is 0 Å². The van der Waals surface area contributed by atoms with Crippen molar-refractivity contribution in [3.63, 3.8) is 0 Å². The fourth-order valence-corrected chi connectivity index (χ4v) is 3.95. The maximum Gasteiger partial charge on any atom is 0.131 e. The minimum atomic E-state index is 0.680. The Labute approximate surface area is 178 Å². The van der Waals surface area contributed by atoms with Gasteiger partial charge in [0, 0.05) is 42.8 Å². The van der Waals surface area contributed by atoms with Crippen LogP contribution in [-0.2, 0) is 19.4 Å². The van der Waals surface area contributed by atoms with Gasteiger partial charge in [0.1, 0.15) is 17.5 Å². The number of piperidine rings is 1. The van der Waals surface area contributed by atoms with E-state index in [1.807, 2.05) is 36.8 Å². The van der Waals surface area contributed by atoms with E-state index in [0.29, 0.717) is 5.92 Å². The van der Waals surface area contributed by atoms with Crippen molar-refractivity contribution in [1.82, 2.24) is 24.8 Å². The lowest BCUT2D eigenvalue weighted by molar-refractivity contribution is 0.176. The monoisotopic (exact) mass is 402 g/mol. The summed E-state index contributed by atoms with van der Waals surface area (Å²) in [7, 11) is 0. The summed E-state index contributed by atoms with van der Waals surface area (Å²) in [4.78, 5) is 20.5. The normalized spacial score (nSPS) is 15.3. The van der Waals surface area contributed by atoms with Crippen LogP contribution in [0.1, 0.15) is 42.4 Å². The maximum atomic E-state index is 4.81. The second-order valence-electron chi connectivity index (χ2n) is 8.14. The number of nitrogens with one attached hydrogen (secondary N) is 1. The van der Waals surface area contributed by atoms with E-state index in [1.54, 1.807) is 0 Å². The second-order valence-corrected chi connectivity index (χ2v) is 8.14. The molecule has 30 heavy (non-hydrogen) atoms. The Bertz CT molecular complexity index is 948. The molecule has 0 aromatic carbocycles. The first kappa shape index (κ1) is 20.4. The molecule has 0 amide bonds. The Morgan fingerprint density at radius 2 is 1.83 bits per heavy atom. The van der Waals surface area contributed by atoms with Gasteiger partial charge in [0.25, 0.3) is 0 Å². The van der Waals surface area contributed by atoms with Gasteiger partial charge < -0.3 is 5.32 Å². The molecule has 0 unspecified atom stereocenters. The largest absolute Gasteiger partial charge is 0.325 e. The molecule has 0 atom stereocenters. The number of hydrogen-bond acceptors (Lipinski definition) is 6. The van der Waals surface area contributed by atoms with Crippen LogP contribution in [0.2, 0.25) is 0 Å². The summed E-state index contributed by atoms with van der Waals surface area (Å²) < 4.78 is 0. The van der Waals surface area contributed by atoms with E-state index in [-0.39, 0.29) is 0 Å². The highest BCUT2D eigenvalue weighted by Crippen LogP contribution is 2.23. The second kappa shape index (κ2) is 9.76. The van der Waals surface area contributed by atoms with E-state index in [4.69, 9.17) is 4.98 Å². The zero-order valence-corrected chi connectivity index (χ0v) is 17.9. The van der Waals surface area contributed by atoms with E-state index in [0.717, 1.165) is 55.6 Å². The number of rotatable bonds is 7. The average molecular weight is 403 g/mol. The Kier molecular flexibility index (Phi) is 6.64. The predicted octanol–water partition coefficient (Wildman–Crippen LogP) is 4.34. The first-order chi connectivity index (χ1) is 14.7. The lowest BCUT2D eigenvalue weighted by atomic mass is 9.92. The standard InChI is InChI=1S/C24H30N6/c1-3-22-26-15-20(16-27-22)17-30-11-8-19(9-12-30)14-21-5-4-6-23(28-21)29-24-13-18(2)7-10-25-24/h4-7,10,13,15-16,19H,3,8-9,11-12,14,17H2,1-2H3,(H,25,28,29). The molecule has 1 saturated heterocycles. The van der Waals surface area contributed by atoms with Crippen molar-refractivity contribution >= 4 is 11.6 Å². The summed E-state index contributed by atoms with van der Waals surface area (Å²) in [6, 6.07) is 10.2. The fraction of sp³-hybridized carbons (Fsp3) is 0.417. The lowest BCUT2D eigenvalue weighted by Crippen LogP contribution is -2.34. The van der Waals surface area contributed by atoms with Crippen LogP contribution < -0.4 is 5.32 Å². The van der Waals surface area contributed by atoms with Crippen LogP contribution in [0.4, 0.5) is 11.6 Å². The zero-order chi connectivity index (χ0) is 20.8. The van der Waals surface area contributed by atoms with Crippen molar-refractivity contribution in [2.75, 3.05) is 18.4 Å². The van der Waals surface area contributed by atoms with Gasteiger partial charge in [-0.25, -0.2) is 19.9 Å². The molecular weight excluding hydrogens is 372 g/mol. The number of likely N-dealkylation sites (tertiary alicyclic amines) is 1.